The minimum absolute atomic E-state index is 0.112. The van der Waals surface area contributed by atoms with Crippen LogP contribution in [0.3, 0.4) is 0 Å². The Labute approximate surface area is 162 Å². The van der Waals surface area contributed by atoms with Gasteiger partial charge in [0.05, 0.1) is 26.5 Å². The summed E-state index contributed by atoms with van der Waals surface area (Å²) in [6.07, 6.45) is 1.64. The average molecular weight is 384 g/mol. The monoisotopic (exact) mass is 383 g/mol. The van der Waals surface area contributed by atoms with Crippen LogP contribution in [0.2, 0.25) is 5.02 Å². The van der Waals surface area contributed by atoms with Crippen LogP contribution in [-0.4, -0.2) is 49.0 Å². The lowest BCUT2D eigenvalue weighted by Gasteiger charge is -2.26. The molecule has 2 aromatic carbocycles. The molecule has 6 nitrogen and oxygen atoms in total. The number of fused-ring (bicyclic) bond motifs is 3. The van der Waals surface area contributed by atoms with Gasteiger partial charge in [0.1, 0.15) is 17.4 Å². The highest BCUT2D eigenvalue weighted by Crippen LogP contribution is 2.38. The van der Waals surface area contributed by atoms with E-state index in [1.807, 2.05) is 17.0 Å². The number of halogens is 1. The molecule has 0 bridgehead atoms. The van der Waals surface area contributed by atoms with Gasteiger partial charge in [-0.1, -0.05) is 11.6 Å². The van der Waals surface area contributed by atoms with Crippen molar-refractivity contribution in [2.75, 3.05) is 27.3 Å². The van der Waals surface area contributed by atoms with E-state index in [9.17, 15) is 5.11 Å². The summed E-state index contributed by atoms with van der Waals surface area (Å²) < 4.78 is 10.8. The quantitative estimate of drug-likeness (QED) is 0.808. The van der Waals surface area contributed by atoms with Crippen molar-refractivity contribution in [3.05, 3.63) is 58.6 Å². The topological polar surface area (TPSA) is 66.7 Å². The minimum Gasteiger partial charge on any atom is -0.507 e. The van der Waals surface area contributed by atoms with Crippen LogP contribution in [-0.2, 0) is 0 Å². The van der Waals surface area contributed by atoms with Gasteiger partial charge in [-0.05, 0) is 30.3 Å². The van der Waals surface area contributed by atoms with E-state index in [2.05, 4.69) is 4.99 Å². The fourth-order valence-corrected chi connectivity index (χ4v) is 3.29. The number of methoxy groups -OCH3 is 2. The number of rotatable bonds is 4. The maximum absolute atomic E-state index is 10.5. The van der Waals surface area contributed by atoms with Crippen molar-refractivity contribution < 1.29 is 14.6 Å². The molecule has 27 heavy (non-hydrogen) atoms. The lowest BCUT2D eigenvalue weighted by Crippen LogP contribution is -2.36. The van der Waals surface area contributed by atoms with Gasteiger partial charge in [-0.25, -0.2) is 4.99 Å². The number of hydrogen-bond donors (Lipinski definition) is 1. The Bertz CT molecular complexity index is 981. The molecule has 2 aliphatic rings. The summed E-state index contributed by atoms with van der Waals surface area (Å²) in [6, 6.07) is 10.7. The first-order valence-corrected chi connectivity index (χ1v) is 8.82. The third kappa shape index (κ3) is 3.13. The van der Waals surface area contributed by atoms with Crippen LogP contribution in [0.4, 0.5) is 5.69 Å². The lowest BCUT2D eigenvalue weighted by molar-refractivity contribution is 0.355. The molecular weight excluding hydrogens is 366 g/mol. The molecule has 4 rings (SSSR count). The summed E-state index contributed by atoms with van der Waals surface area (Å²) in [7, 11) is 3.19. The third-order valence-electron chi connectivity index (χ3n) is 4.50. The molecule has 0 fully saturated rings. The maximum atomic E-state index is 10.5. The predicted molar refractivity (Wildman–Crippen MR) is 107 cm³/mol. The van der Waals surface area contributed by atoms with E-state index < -0.39 is 0 Å². The number of benzene rings is 2. The molecule has 2 aromatic rings. The molecule has 0 saturated heterocycles. The van der Waals surface area contributed by atoms with Crippen LogP contribution in [0.15, 0.2) is 52.5 Å². The predicted octanol–water partition coefficient (Wildman–Crippen LogP) is 4.06. The van der Waals surface area contributed by atoms with E-state index >= 15 is 0 Å². The van der Waals surface area contributed by atoms with Crippen molar-refractivity contribution >= 4 is 34.7 Å². The summed E-state index contributed by atoms with van der Waals surface area (Å²) >= 11 is 5.92. The third-order valence-corrected chi connectivity index (χ3v) is 4.75. The number of ether oxygens (including phenoxy) is 2. The van der Waals surface area contributed by atoms with E-state index in [0.717, 1.165) is 17.1 Å². The Morgan fingerprint density at radius 2 is 1.85 bits per heavy atom. The van der Waals surface area contributed by atoms with Gasteiger partial charge in [-0.3, -0.25) is 4.99 Å². The van der Waals surface area contributed by atoms with E-state index in [4.69, 9.17) is 26.1 Å². The smallest absolute Gasteiger partial charge is 0.162 e. The van der Waals surface area contributed by atoms with E-state index in [1.54, 1.807) is 44.6 Å². The number of amidine groups is 2. The maximum Gasteiger partial charge on any atom is 0.162 e. The second kappa shape index (κ2) is 6.96. The Hall–Kier alpha value is -2.99. The Balaban J connectivity index is 1.80. The van der Waals surface area contributed by atoms with Gasteiger partial charge < -0.3 is 19.5 Å². The van der Waals surface area contributed by atoms with Crippen LogP contribution in [0.25, 0.3) is 5.76 Å². The Morgan fingerprint density at radius 3 is 2.56 bits per heavy atom. The number of aliphatic hydroxyl groups excluding tert-OH is 1. The van der Waals surface area contributed by atoms with Crippen LogP contribution in [0.5, 0.6) is 11.5 Å². The van der Waals surface area contributed by atoms with Crippen molar-refractivity contribution in [3.8, 4) is 11.5 Å². The summed E-state index contributed by atoms with van der Waals surface area (Å²) in [5.41, 5.74) is 2.27. The number of aliphatic hydroxyl groups is 1. The van der Waals surface area contributed by atoms with Crippen LogP contribution >= 0.6 is 11.6 Å². The number of aliphatic imine (C=N–C) groups is 2. The second-order valence-electron chi connectivity index (χ2n) is 6.09. The van der Waals surface area contributed by atoms with Crippen LogP contribution in [0, 0.1) is 0 Å². The van der Waals surface area contributed by atoms with Crippen molar-refractivity contribution in [2.45, 2.75) is 0 Å². The van der Waals surface area contributed by atoms with Gasteiger partial charge >= 0.3 is 0 Å². The largest absolute Gasteiger partial charge is 0.507 e. The van der Waals surface area contributed by atoms with E-state index in [0.29, 0.717) is 41.0 Å². The number of nitrogens with zero attached hydrogens (tertiary/aromatic N) is 3. The summed E-state index contributed by atoms with van der Waals surface area (Å²) in [5, 5.41) is 11.2. The summed E-state index contributed by atoms with van der Waals surface area (Å²) in [6.45, 7) is 1.37. The molecule has 0 aliphatic carbocycles. The average Bonchev–Trinajstić information content (AvgIpc) is 3.18. The van der Waals surface area contributed by atoms with Gasteiger partial charge in [-0.15, -0.1) is 0 Å². The van der Waals surface area contributed by atoms with Gasteiger partial charge in [0, 0.05) is 34.8 Å². The van der Waals surface area contributed by atoms with Crippen molar-refractivity contribution in [3.63, 3.8) is 0 Å². The molecule has 0 amide bonds. The highest BCUT2D eigenvalue weighted by atomic mass is 35.5. The zero-order valence-electron chi connectivity index (χ0n) is 14.9. The first-order chi connectivity index (χ1) is 13.1. The molecule has 2 aliphatic heterocycles. The van der Waals surface area contributed by atoms with Gasteiger partial charge in [-0.2, -0.15) is 0 Å². The van der Waals surface area contributed by atoms with Crippen molar-refractivity contribution in [1.82, 2.24) is 4.90 Å². The van der Waals surface area contributed by atoms with E-state index in [1.165, 1.54) is 0 Å². The van der Waals surface area contributed by atoms with Crippen molar-refractivity contribution in [1.29, 1.82) is 0 Å². The fraction of sp³-hybridized carbons (Fsp3) is 0.200. The molecule has 0 aromatic heterocycles. The van der Waals surface area contributed by atoms with Crippen LogP contribution in [0.1, 0.15) is 11.1 Å². The first kappa shape index (κ1) is 17.4. The SMILES string of the molecule is COc1cc2c(cc1OC)C1=NCCN1C(/C=C(\O)c1ccc(Cl)cc1)=N2. The molecule has 1 N–H and O–H groups in total. The fourth-order valence-electron chi connectivity index (χ4n) is 3.16. The molecule has 0 radical (unpaired) electrons. The molecule has 0 unspecified atom stereocenters. The molecule has 7 heteroatoms. The Morgan fingerprint density at radius 1 is 1.15 bits per heavy atom. The standard InChI is InChI=1S/C20H18ClN3O3/c1-26-17-9-14-15(10-18(17)27-2)23-19(24-8-7-22-20(14)24)11-16(25)12-3-5-13(21)6-4-12/h3-6,9-11,25H,7-8H2,1-2H3/b16-11-. The Kier molecular flexibility index (Phi) is 4.49. The van der Waals surface area contributed by atoms with E-state index in [-0.39, 0.29) is 5.76 Å². The molecular formula is C20H18ClN3O3. The summed E-state index contributed by atoms with van der Waals surface area (Å²) in [5.74, 6) is 2.77. The normalized spacial score (nSPS) is 15.7. The zero-order chi connectivity index (χ0) is 19.0. The zero-order valence-corrected chi connectivity index (χ0v) is 15.7. The highest BCUT2D eigenvalue weighted by molar-refractivity contribution is 6.30. The van der Waals surface area contributed by atoms with Gasteiger partial charge in [0.15, 0.2) is 11.5 Å². The summed E-state index contributed by atoms with van der Waals surface area (Å²) in [4.78, 5) is 11.3. The number of hydrogen-bond acceptors (Lipinski definition) is 6. The van der Waals surface area contributed by atoms with Crippen LogP contribution < -0.4 is 9.47 Å². The molecule has 2 heterocycles. The highest BCUT2D eigenvalue weighted by Gasteiger charge is 2.30. The molecule has 138 valence electrons. The lowest BCUT2D eigenvalue weighted by atomic mass is 10.1. The molecule has 0 spiro atoms. The molecule has 0 saturated carbocycles. The minimum atomic E-state index is 0.112. The second-order valence-corrected chi connectivity index (χ2v) is 6.52. The molecule has 0 atom stereocenters. The van der Waals surface area contributed by atoms with Crippen molar-refractivity contribution in [2.24, 2.45) is 9.98 Å². The van der Waals surface area contributed by atoms with Gasteiger partial charge in [0.25, 0.3) is 0 Å². The van der Waals surface area contributed by atoms with Gasteiger partial charge in [0.2, 0.25) is 0 Å². The first-order valence-electron chi connectivity index (χ1n) is 8.44.